The van der Waals surface area contributed by atoms with Crippen molar-refractivity contribution in [3.63, 3.8) is 0 Å². The Hall–Kier alpha value is -2.01. The van der Waals surface area contributed by atoms with Crippen molar-refractivity contribution in [3.8, 4) is 11.3 Å². The van der Waals surface area contributed by atoms with Crippen LogP contribution in [0.4, 0.5) is 0 Å². The third-order valence-corrected chi connectivity index (χ3v) is 5.59. The number of thiophene rings is 1. The molecule has 0 fully saturated rings. The zero-order valence-electron chi connectivity index (χ0n) is 11.8. The lowest BCUT2D eigenvalue weighted by Gasteiger charge is -2.06. The Kier molecular flexibility index (Phi) is 3.50. The van der Waals surface area contributed by atoms with E-state index in [2.05, 4.69) is 59.3 Å². The second-order valence-electron chi connectivity index (χ2n) is 5.09. The third kappa shape index (κ3) is 2.35. The molecule has 0 bridgehead atoms. The van der Waals surface area contributed by atoms with Gasteiger partial charge in [0.25, 0.3) is 0 Å². The molecular weight excluding hydrogens is 308 g/mol. The molecule has 2 nitrogen and oxygen atoms in total. The molecule has 0 radical (unpaired) electrons. The fraction of sp³-hybridized carbons (Fsp3) is 0.0556. The van der Waals surface area contributed by atoms with Crippen LogP contribution in [-0.4, -0.2) is 4.98 Å². The van der Waals surface area contributed by atoms with Crippen LogP contribution >= 0.6 is 22.7 Å². The van der Waals surface area contributed by atoms with Crippen molar-refractivity contribution in [2.45, 2.75) is 6.04 Å². The summed E-state index contributed by atoms with van der Waals surface area (Å²) >= 11 is 3.30. The minimum absolute atomic E-state index is 0.131. The van der Waals surface area contributed by atoms with Crippen molar-refractivity contribution in [1.82, 2.24) is 4.98 Å². The van der Waals surface area contributed by atoms with Crippen LogP contribution in [0.15, 0.2) is 65.4 Å². The van der Waals surface area contributed by atoms with Gasteiger partial charge in [-0.25, -0.2) is 4.98 Å². The molecule has 2 aromatic heterocycles. The van der Waals surface area contributed by atoms with Crippen LogP contribution in [-0.2, 0) is 0 Å². The van der Waals surface area contributed by atoms with E-state index in [-0.39, 0.29) is 6.04 Å². The van der Waals surface area contributed by atoms with E-state index in [0.717, 1.165) is 15.6 Å². The van der Waals surface area contributed by atoms with Crippen LogP contribution in [0, 0.1) is 0 Å². The molecule has 0 aliphatic rings. The summed E-state index contributed by atoms with van der Waals surface area (Å²) in [6.07, 6.45) is 0. The second-order valence-corrected chi connectivity index (χ2v) is 6.96. The van der Waals surface area contributed by atoms with Gasteiger partial charge >= 0.3 is 0 Å². The highest BCUT2D eigenvalue weighted by Gasteiger charge is 2.15. The van der Waals surface area contributed by atoms with Crippen LogP contribution < -0.4 is 5.73 Å². The summed E-state index contributed by atoms with van der Waals surface area (Å²) in [7, 11) is 0. The lowest BCUT2D eigenvalue weighted by molar-refractivity contribution is 0.879. The highest BCUT2D eigenvalue weighted by molar-refractivity contribution is 7.11. The molecule has 0 saturated carbocycles. The maximum atomic E-state index is 6.32. The topological polar surface area (TPSA) is 38.9 Å². The van der Waals surface area contributed by atoms with Gasteiger partial charge in [-0.2, -0.15) is 0 Å². The van der Waals surface area contributed by atoms with E-state index >= 15 is 0 Å². The molecule has 4 rings (SSSR count). The predicted molar refractivity (Wildman–Crippen MR) is 95.4 cm³/mol. The van der Waals surface area contributed by atoms with Gasteiger partial charge in [-0.1, -0.05) is 48.5 Å². The number of aromatic nitrogens is 1. The first-order valence-electron chi connectivity index (χ1n) is 7.05. The van der Waals surface area contributed by atoms with E-state index in [9.17, 15) is 0 Å². The molecule has 0 aliphatic heterocycles. The van der Waals surface area contributed by atoms with E-state index < -0.39 is 0 Å². The van der Waals surface area contributed by atoms with E-state index in [4.69, 9.17) is 10.7 Å². The number of hydrogen-bond acceptors (Lipinski definition) is 4. The zero-order chi connectivity index (χ0) is 14.9. The molecule has 2 heterocycles. The van der Waals surface area contributed by atoms with Crippen LogP contribution in [0.5, 0.6) is 0 Å². The van der Waals surface area contributed by atoms with E-state index in [1.54, 1.807) is 22.7 Å². The van der Waals surface area contributed by atoms with Crippen LogP contribution in [0.2, 0.25) is 0 Å². The average Bonchev–Trinajstić information content (AvgIpc) is 3.25. The molecule has 0 aliphatic carbocycles. The van der Waals surface area contributed by atoms with E-state index in [0.29, 0.717) is 0 Å². The van der Waals surface area contributed by atoms with Gasteiger partial charge in [0.15, 0.2) is 0 Å². The normalized spacial score (nSPS) is 12.6. The standard InChI is InChI=1S/C18H14N2S2/c19-17(16-9-4-10-21-16)18-20-15(11-22-18)14-8-3-6-12-5-1-2-7-13(12)14/h1-11,17H,19H2. The third-order valence-electron chi connectivity index (χ3n) is 3.70. The van der Waals surface area contributed by atoms with Gasteiger partial charge in [0, 0.05) is 15.8 Å². The van der Waals surface area contributed by atoms with Gasteiger partial charge in [-0.15, -0.1) is 22.7 Å². The largest absolute Gasteiger partial charge is 0.318 e. The van der Waals surface area contributed by atoms with Gasteiger partial charge in [0.1, 0.15) is 5.01 Å². The van der Waals surface area contributed by atoms with Gasteiger partial charge in [0.2, 0.25) is 0 Å². The summed E-state index contributed by atoms with van der Waals surface area (Å²) in [6.45, 7) is 0. The average molecular weight is 322 g/mol. The highest BCUT2D eigenvalue weighted by atomic mass is 32.1. The fourth-order valence-corrected chi connectivity index (χ4v) is 4.23. The second kappa shape index (κ2) is 5.65. The van der Waals surface area contributed by atoms with Crippen molar-refractivity contribution in [2.24, 2.45) is 5.73 Å². The van der Waals surface area contributed by atoms with Crippen molar-refractivity contribution < 1.29 is 0 Å². The predicted octanol–water partition coefficient (Wildman–Crippen LogP) is 5.07. The smallest absolute Gasteiger partial charge is 0.115 e. The number of benzene rings is 2. The number of fused-ring (bicyclic) bond motifs is 1. The Morgan fingerprint density at radius 2 is 1.77 bits per heavy atom. The van der Waals surface area contributed by atoms with Crippen molar-refractivity contribution in [1.29, 1.82) is 0 Å². The van der Waals surface area contributed by atoms with E-state index in [1.807, 2.05) is 6.07 Å². The molecule has 0 spiro atoms. The molecule has 4 heteroatoms. The summed E-state index contributed by atoms with van der Waals surface area (Å²) in [5.74, 6) is 0. The SMILES string of the molecule is NC(c1cccs1)c1nc(-c2cccc3ccccc23)cs1. The molecular formula is C18H14N2S2. The molecule has 0 saturated heterocycles. The minimum atomic E-state index is -0.131. The van der Waals surface area contributed by atoms with Crippen molar-refractivity contribution in [3.05, 3.63) is 75.2 Å². The molecule has 1 atom stereocenters. The lowest BCUT2D eigenvalue weighted by Crippen LogP contribution is -2.09. The summed E-state index contributed by atoms with van der Waals surface area (Å²) < 4.78 is 0. The van der Waals surface area contributed by atoms with Crippen molar-refractivity contribution in [2.75, 3.05) is 0 Å². The van der Waals surface area contributed by atoms with Gasteiger partial charge < -0.3 is 5.73 Å². The fourth-order valence-electron chi connectivity index (χ4n) is 2.59. The molecule has 108 valence electrons. The monoisotopic (exact) mass is 322 g/mol. The van der Waals surface area contributed by atoms with Crippen LogP contribution in [0.25, 0.3) is 22.0 Å². The summed E-state index contributed by atoms with van der Waals surface area (Å²) in [6, 6.07) is 18.7. The van der Waals surface area contributed by atoms with Crippen LogP contribution in [0.3, 0.4) is 0 Å². The van der Waals surface area contributed by atoms with Crippen molar-refractivity contribution >= 4 is 33.4 Å². The maximum Gasteiger partial charge on any atom is 0.115 e. The zero-order valence-corrected chi connectivity index (χ0v) is 13.4. The molecule has 1 unspecified atom stereocenters. The van der Waals surface area contributed by atoms with Crippen LogP contribution in [0.1, 0.15) is 15.9 Å². The first-order valence-corrected chi connectivity index (χ1v) is 8.81. The number of hydrogen-bond donors (Lipinski definition) is 1. The van der Waals surface area contributed by atoms with Gasteiger partial charge in [-0.05, 0) is 22.2 Å². The highest BCUT2D eigenvalue weighted by Crippen LogP contribution is 2.32. The Morgan fingerprint density at radius 3 is 2.64 bits per heavy atom. The Balaban J connectivity index is 1.77. The molecule has 0 amide bonds. The molecule has 2 N–H and O–H groups in total. The van der Waals surface area contributed by atoms with E-state index in [1.165, 1.54) is 16.3 Å². The number of rotatable bonds is 3. The molecule has 2 aromatic carbocycles. The lowest BCUT2D eigenvalue weighted by atomic mass is 10.0. The summed E-state index contributed by atoms with van der Waals surface area (Å²) in [5, 5.41) is 7.58. The maximum absolute atomic E-state index is 6.32. The Labute approximate surface area is 136 Å². The molecule has 22 heavy (non-hydrogen) atoms. The summed E-state index contributed by atoms with van der Waals surface area (Å²) in [4.78, 5) is 5.94. The number of nitrogens with zero attached hydrogens (tertiary/aromatic N) is 1. The Bertz CT molecular complexity index is 904. The summed E-state index contributed by atoms with van der Waals surface area (Å²) in [5.41, 5.74) is 8.49. The first-order chi connectivity index (χ1) is 10.8. The minimum Gasteiger partial charge on any atom is -0.318 e. The number of nitrogens with two attached hydrogens (primary N) is 1. The van der Waals surface area contributed by atoms with Gasteiger partial charge in [0.05, 0.1) is 11.7 Å². The van der Waals surface area contributed by atoms with Gasteiger partial charge in [-0.3, -0.25) is 0 Å². The quantitative estimate of drug-likeness (QED) is 0.572. The Morgan fingerprint density at radius 1 is 0.909 bits per heavy atom. The first kappa shape index (κ1) is 13.6. The molecule has 4 aromatic rings. The number of thiazole rings is 1.